The number of para-hydroxylation sites is 3. The van der Waals surface area contributed by atoms with E-state index in [-0.39, 0.29) is 0 Å². The Kier molecular flexibility index (Phi) is 21.4. The molecule has 0 aliphatic heterocycles. The molecule has 0 atom stereocenters. The van der Waals surface area contributed by atoms with E-state index in [1.54, 1.807) is 0 Å². The molecule has 3 aliphatic carbocycles. The number of rotatable bonds is 15. The maximum absolute atomic E-state index is 5.36. The van der Waals surface area contributed by atoms with Gasteiger partial charge >= 0.3 is 0 Å². The van der Waals surface area contributed by atoms with Gasteiger partial charge in [0.15, 0.2) is 11.6 Å². The van der Waals surface area contributed by atoms with Crippen LogP contribution in [0, 0.1) is 0 Å². The summed E-state index contributed by atoms with van der Waals surface area (Å²) in [6, 6.07) is 202. The lowest BCUT2D eigenvalue weighted by molar-refractivity contribution is 0.770. The Bertz CT molecular complexity index is 8670. The second kappa shape index (κ2) is 36.5. The number of fused-ring (bicyclic) bond motifs is 18. The van der Waals surface area contributed by atoms with Crippen LogP contribution >= 0.6 is 0 Å². The zero-order valence-corrected chi connectivity index (χ0v) is 81.7. The van der Waals surface area contributed by atoms with Gasteiger partial charge in [0.25, 0.3) is 0 Å². The van der Waals surface area contributed by atoms with Gasteiger partial charge in [0.1, 0.15) is 5.82 Å². The van der Waals surface area contributed by atoms with Gasteiger partial charge in [0, 0.05) is 60.1 Å². The molecule has 0 unspecified atom stereocenters. The van der Waals surface area contributed by atoms with Crippen LogP contribution in [0.3, 0.4) is 0 Å². The lowest BCUT2D eigenvalue weighted by Gasteiger charge is -2.34. The molecule has 6 aromatic heterocycles. The maximum atomic E-state index is 5.36. The highest BCUT2D eigenvalue weighted by Gasteiger charge is 2.50. The first-order chi connectivity index (χ1) is 74.4. The fourth-order valence-electron chi connectivity index (χ4n) is 24.6. The van der Waals surface area contributed by atoms with Crippen LogP contribution in [0.2, 0.25) is 0 Å². The van der Waals surface area contributed by atoms with Crippen molar-refractivity contribution >= 4 is 65.4 Å². The second-order valence-corrected chi connectivity index (χ2v) is 38.9. The van der Waals surface area contributed by atoms with Crippen molar-refractivity contribution in [1.82, 2.24) is 43.6 Å². The predicted molar refractivity (Wildman–Crippen MR) is 614 cm³/mol. The first kappa shape index (κ1) is 88.0. The Balaban J connectivity index is 0.000000108. The van der Waals surface area contributed by atoms with Gasteiger partial charge in [-0.1, -0.05) is 491 Å². The topological polar surface area (TPSA) is 92.1 Å². The van der Waals surface area contributed by atoms with Crippen LogP contribution in [0.15, 0.2) is 564 Å². The second-order valence-electron chi connectivity index (χ2n) is 38.9. The van der Waals surface area contributed by atoms with E-state index in [1.165, 1.54) is 127 Å². The lowest BCUT2D eigenvalue weighted by atomic mass is 9.67. The van der Waals surface area contributed by atoms with Crippen molar-refractivity contribution in [2.45, 2.75) is 16.2 Å². The summed E-state index contributed by atoms with van der Waals surface area (Å²) in [7, 11) is 0. The molecule has 21 aromatic carbocycles. The average Bonchev–Trinajstić information content (AvgIpc) is 1.54. The normalized spacial score (nSPS) is 13.0. The monoisotopic (exact) mass is 1910 g/mol. The van der Waals surface area contributed by atoms with Crippen molar-refractivity contribution in [2.24, 2.45) is 0 Å². The van der Waals surface area contributed by atoms with E-state index in [9.17, 15) is 0 Å². The smallest absolute Gasteiger partial charge is 0.238 e. The minimum absolute atomic E-state index is 0.461. The van der Waals surface area contributed by atoms with Crippen LogP contribution < -0.4 is 0 Å². The predicted octanol–water partition coefficient (Wildman–Crippen LogP) is 33.8. The van der Waals surface area contributed by atoms with Crippen molar-refractivity contribution in [3.05, 3.63) is 631 Å². The lowest BCUT2D eigenvalue weighted by Crippen LogP contribution is -2.28. The molecule has 9 heteroatoms. The van der Waals surface area contributed by atoms with Crippen molar-refractivity contribution < 1.29 is 0 Å². The van der Waals surface area contributed by atoms with Crippen LogP contribution in [-0.4, -0.2) is 43.6 Å². The molecule has 0 N–H and O–H groups in total. The van der Waals surface area contributed by atoms with Crippen molar-refractivity contribution in [3.63, 3.8) is 0 Å². The van der Waals surface area contributed by atoms with E-state index < -0.39 is 16.2 Å². The van der Waals surface area contributed by atoms with Crippen molar-refractivity contribution in [1.29, 1.82) is 0 Å². The van der Waals surface area contributed by atoms with Gasteiger partial charge in [-0.15, -0.1) is 0 Å². The number of hydrogen-bond acceptors (Lipinski definition) is 6. The van der Waals surface area contributed by atoms with E-state index in [2.05, 4.69) is 505 Å². The summed E-state index contributed by atoms with van der Waals surface area (Å²) in [4.78, 5) is 31.1. The highest BCUT2D eigenvalue weighted by Crippen LogP contribution is 2.61. The van der Waals surface area contributed by atoms with Crippen LogP contribution in [-0.2, 0) is 16.2 Å². The third kappa shape index (κ3) is 14.2. The Labute approximate surface area is 868 Å². The van der Waals surface area contributed by atoms with Gasteiger partial charge in [-0.05, 0) is 184 Å². The fourth-order valence-corrected chi connectivity index (χ4v) is 24.6. The molecule has 27 aromatic rings. The van der Waals surface area contributed by atoms with E-state index in [1.807, 2.05) is 72.8 Å². The summed E-state index contributed by atoms with van der Waals surface area (Å²) in [6.07, 6.45) is 0. The summed E-state index contributed by atoms with van der Waals surface area (Å²) in [5, 5.41) is 7.06. The number of benzene rings is 21. The highest BCUT2D eigenvalue weighted by molar-refractivity contribution is 6.13. The van der Waals surface area contributed by atoms with Gasteiger partial charge in [0.2, 0.25) is 11.9 Å². The molecule has 0 spiro atoms. The molecule has 0 saturated heterocycles. The first-order valence-electron chi connectivity index (χ1n) is 51.3. The molecular formula is C141H93N9. The number of hydrogen-bond donors (Lipinski definition) is 0. The van der Waals surface area contributed by atoms with Crippen molar-refractivity contribution in [2.75, 3.05) is 0 Å². The molecule has 0 fully saturated rings. The Morgan fingerprint density at radius 2 is 0.380 bits per heavy atom. The molecule has 0 amide bonds. The molecule has 0 radical (unpaired) electrons. The Hall–Kier alpha value is -19.7. The molecule has 702 valence electrons. The number of pyridine rings is 1. The van der Waals surface area contributed by atoms with Gasteiger partial charge in [-0.3, -0.25) is 13.7 Å². The molecule has 6 heterocycles. The molecule has 3 aliphatic rings. The van der Waals surface area contributed by atoms with Crippen LogP contribution in [0.5, 0.6) is 0 Å². The van der Waals surface area contributed by atoms with Crippen LogP contribution in [0.4, 0.5) is 0 Å². The first-order valence-corrected chi connectivity index (χ1v) is 51.3. The quantitative estimate of drug-likeness (QED) is 0.102. The molecule has 30 rings (SSSR count). The third-order valence-electron chi connectivity index (χ3n) is 31.0. The highest BCUT2D eigenvalue weighted by atomic mass is 15.2. The van der Waals surface area contributed by atoms with Gasteiger partial charge in [-0.2, -0.15) is 9.97 Å². The zero-order valence-electron chi connectivity index (χ0n) is 81.7. The van der Waals surface area contributed by atoms with Crippen molar-refractivity contribution in [3.8, 4) is 119 Å². The van der Waals surface area contributed by atoms with E-state index in [0.717, 1.165) is 100 Å². The van der Waals surface area contributed by atoms with Crippen LogP contribution in [0.25, 0.3) is 184 Å². The molecule has 150 heavy (non-hydrogen) atoms. The average molecular weight is 1910 g/mol. The Morgan fingerprint density at radius 1 is 0.140 bits per heavy atom. The maximum Gasteiger partial charge on any atom is 0.238 e. The summed E-state index contributed by atoms with van der Waals surface area (Å²) >= 11 is 0. The minimum atomic E-state index is -0.486. The van der Waals surface area contributed by atoms with Gasteiger partial charge < -0.3 is 0 Å². The molecule has 0 bridgehead atoms. The molecule has 9 nitrogen and oxygen atoms in total. The minimum Gasteiger partial charge on any atom is -0.294 e. The van der Waals surface area contributed by atoms with Crippen LogP contribution in [0.1, 0.15) is 66.8 Å². The standard InChI is InChI=1S/C48H32N2.C47H31N3.C46H30N4/c1-4-16-33(17-5-1)35-30-44(34-18-6-2-7-19-34)49-47(31-35)50-45-27-15-12-24-40(45)41-32-37(28-29-46(41)50)48(36-20-8-3-9-21-36)42-25-13-10-22-38(42)39-23-11-14-26-43(39)48;1-4-16-32(17-5-1)42-31-43(33-18-6-2-7-19-33)49-46(48-42)50-44-27-15-12-24-38(44)39-30-35(28-29-45(39)50)47(34-20-8-3-9-21-34)40-25-13-10-22-36(40)37-23-11-14-26-41(37)47;1-4-16-31(17-5-1)43-47-44(32-18-6-2-7-19-32)49-45(48-43)50-41-27-15-12-24-37(41)38-30-34(28-29-42(38)50)46(33-20-8-3-9-21-33)39-25-13-10-22-35(39)36-23-11-14-26-40(36)46/h1-32H;1-31H;1-30H. The number of aromatic nitrogens is 9. The summed E-state index contributed by atoms with van der Waals surface area (Å²) in [6.45, 7) is 0. The van der Waals surface area contributed by atoms with Gasteiger partial charge in [-0.25, -0.2) is 19.9 Å². The van der Waals surface area contributed by atoms with E-state index in [0.29, 0.717) is 23.5 Å². The molecular weight excluding hydrogens is 1820 g/mol. The third-order valence-corrected chi connectivity index (χ3v) is 31.0. The Morgan fingerprint density at radius 3 is 0.700 bits per heavy atom. The van der Waals surface area contributed by atoms with E-state index >= 15 is 0 Å². The fraction of sp³-hybridized carbons (Fsp3) is 0.0213. The summed E-state index contributed by atoms with van der Waals surface area (Å²) in [5.41, 5.74) is 38.3. The van der Waals surface area contributed by atoms with Gasteiger partial charge in [0.05, 0.1) is 66.4 Å². The summed E-state index contributed by atoms with van der Waals surface area (Å²) < 4.78 is 6.78. The summed E-state index contributed by atoms with van der Waals surface area (Å²) in [5.74, 6) is 3.42. The number of nitrogens with zero attached hydrogens (tertiary/aromatic N) is 9. The zero-order chi connectivity index (χ0) is 99.2. The van der Waals surface area contributed by atoms with E-state index in [4.69, 9.17) is 29.9 Å². The SMILES string of the molecule is c1ccc(-c2cc(-c3ccccc3)nc(-n3c4ccccc4c4cc(C5(c6ccccc6)c6ccccc6-c6ccccc65)ccc43)c2)cc1.c1ccc(-c2cc(-c3ccccc3)nc(-n3c4ccccc4c4cc(C5(c6ccccc6)c6ccccc6-c6ccccc65)ccc43)n2)cc1.c1ccc(-c2nc(-c3ccccc3)nc(-n3c4ccccc4c4cc(C5(c6ccccc6)c6ccccc6-c6ccccc65)ccc43)n2)cc1. The largest absolute Gasteiger partial charge is 0.294 e. The molecule has 0 saturated carbocycles.